The minimum atomic E-state index is -0.183. The Morgan fingerprint density at radius 3 is 2.76 bits per heavy atom. The van der Waals surface area contributed by atoms with E-state index in [9.17, 15) is 4.39 Å². The van der Waals surface area contributed by atoms with E-state index in [-0.39, 0.29) is 29.8 Å². The summed E-state index contributed by atoms with van der Waals surface area (Å²) in [6.45, 7) is 9.44. The second-order valence-electron chi connectivity index (χ2n) is 7.06. The summed E-state index contributed by atoms with van der Waals surface area (Å²) in [6, 6.07) is 6.83. The summed E-state index contributed by atoms with van der Waals surface area (Å²) in [5, 5.41) is 6.59. The van der Waals surface area contributed by atoms with Crippen LogP contribution in [0.25, 0.3) is 0 Å². The Morgan fingerprint density at radius 2 is 2.08 bits per heavy atom. The monoisotopic (exact) mass is 462 g/mol. The molecular formula is C19H32FIN4. The van der Waals surface area contributed by atoms with Gasteiger partial charge in [-0.1, -0.05) is 32.0 Å². The quantitative estimate of drug-likeness (QED) is 0.387. The average molecular weight is 462 g/mol. The highest BCUT2D eigenvalue weighted by atomic mass is 127. The van der Waals surface area contributed by atoms with E-state index in [1.165, 1.54) is 32.0 Å². The molecule has 4 nitrogen and oxygen atoms in total. The van der Waals surface area contributed by atoms with E-state index in [4.69, 9.17) is 0 Å². The van der Waals surface area contributed by atoms with Gasteiger partial charge in [0.05, 0.1) is 0 Å². The predicted octanol–water partition coefficient (Wildman–Crippen LogP) is 3.48. The molecule has 1 heterocycles. The summed E-state index contributed by atoms with van der Waals surface area (Å²) in [7, 11) is 1.75. The molecule has 25 heavy (non-hydrogen) atoms. The van der Waals surface area contributed by atoms with Crippen LogP contribution in [0.1, 0.15) is 32.3 Å². The Kier molecular flexibility index (Phi) is 10.3. The van der Waals surface area contributed by atoms with Crippen LogP contribution in [0.15, 0.2) is 29.3 Å². The van der Waals surface area contributed by atoms with Gasteiger partial charge < -0.3 is 15.5 Å². The lowest BCUT2D eigenvalue weighted by atomic mass is 9.97. The number of hydrogen-bond donors (Lipinski definition) is 2. The highest BCUT2D eigenvalue weighted by Gasteiger charge is 2.20. The van der Waals surface area contributed by atoms with Gasteiger partial charge in [-0.25, -0.2) is 4.39 Å². The van der Waals surface area contributed by atoms with Crippen molar-refractivity contribution in [1.82, 2.24) is 15.5 Å². The summed E-state index contributed by atoms with van der Waals surface area (Å²) in [4.78, 5) is 6.81. The molecule has 1 fully saturated rings. The number of rotatable bonds is 6. The molecule has 0 aliphatic carbocycles. The molecule has 0 spiro atoms. The van der Waals surface area contributed by atoms with E-state index >= 15 is 0 Å². The molecule has 6 heteroatoms. The number of guanidine groups is 1. The molecule has 1 aromatic rings. The number of piperidine rings is 1. The minimum absolute atomic E-state index is 0. The van der Waals surface area contributed by atoms with Crippen LogP contribution in [0, 0.1) is 17.7 Å². The van der Waals surface area contributed by atoms with E-state index in [1.807, 2.05) is 6.07 Å². The van der Waals surface area contributed by atoms with Gasteiger partial charge in [-0.3, -0.25) is 4.99 Å². The molecule has 1 atom stereocenters. The Morgan fingerprint density at radius 1 is 1.32 bits per heavy atom. The van der Waals surface area contributed by atoms with E-state index in [0.29, 0.717) is 23.9 Å². The van der Waals surface area contributed by atoms with Crippen LogP contribution in [0.2, 0.25) is 0 Å². The fourth-order valence-corrected chi connectivity index (χ4v) is 3.28. The maximum atomic E-state index is 13.7. The molecule has 0 aromatic heterocycles. The van der Waals surface area contributed by atoms with Gasteiger partial charge in [0.1, 0.15) is 5.82 Å². The Balaban J connectivity index is 0.00000312. The lowest BCUT2D eigenvalue weighted by Crippen LogP contribution is -2.45. The van der Waals surface area contributed by atoms with E-state index in [1.54, 1.807) is 19.2 Å². The molecule has 0 radical (unpaired) electrons. The molecule has 1 saturated heterocycles. The third-order valence-electron chi connectivity index (χ3n) is 4.41. The third-order valence-corrected chi connectivity index (χ3v) is 4.41. The van der Waals surface area contributed by atoms with Crippen LogP contribution in [0.4, 0.5) is 4.39 Å². The van der Waals surface area contributed by atoms with Crippen LogP contribution >= 0.6 is 24.0 Å². The highest BCUT2D eigenvalue weighted by Crippen LogP contribution is 2.16. The van der Waals surface area contributed by atoms with Crippen LogP contribution < -0.4 is 10.6 Å². The van der Waals surface area contributed by atoms with Crippen molar-refractivity contribution >= 4 is 29.9 Å². The topological polar surface area (TPSA) is 39.7 Å². The number of nitrogens with one attached hydrogen (secondary N) is 2. The lowest BCUT2D eigenvalue weighted by molar-refractivity contribution is 0.159. The maximum absolute atomic E-state index is 13.7. The Bertz CT molecular complexity index is 536. The lowest BCUT2D eigenvalue weighted by Gasteiger charge is -2.34. The van der Waals surface area contributed by atoms with E-state index in [2.05, 4.69) is 34.4 Å². The molecule has 1 aliphatic heterocycles. The fraction of sp³-hybridized carbons (Fsp3) is 0.632. The van der Waals surface area contributed by atoms with Gasteiger partial charge in [-0.15, -0.1) is 24.0 Å². The predicted molar refractivity (Wildman–Crippen MR) is 114 cm³/mol. The maximum Gasteiger partial charge on any atom is 0.191 e. The third kappa shape index (κ3) is 7.90. The van der Waals surface area contributed by atoms with Crippen molar-refractivity contribution in [2.75, 3.05) is 33.2 Å². The fourth-order valence-electron chi connectivity index (χ4n) is 3.28. The molecule has 142 valence electrons. The smallest absolute Gasteiger partial charge is 0.191 e. The van der Waals surface area contributed by atoms with E-state index < -0.39 is 0 Å². The van der Waals surface area contributed by atoms with Crippen LogP contribution in [0.3, 0.4) is 0 Å². The first kappa shape index (κ1) is 22.2. The molecule has 1 aliphatic rings. The zero-order valence-corrected chi connectivity index (χ0v) is 17.9. The van der Waals surface area contributed by atoms with Gasteiger partial charge in [0.2, 0.25) is 0 Å². The van der Waals surface area contributed by atoms with Crippen LogP contribution in [0.5, 0.6) is 0 Å². The molecule has 0 bridgehead atoms. The normalized spacial score (nSPS) is 18.8. The zero-order valence-electron chi connectivity index (χ0n) is 15.6. The van der Waals surface area contributed by atoms with Crippen molar-refractivity contribution in [2.24, 2.45) is 16.8 Å². The van der Waals surface area contributed by atoms with E-state index in [0.717, 1.165) is 19.0 Å². The van der Waals surface area contributed by atoms with Gasteiger partial charge in [-0.05, 0) is 37.3 Å². The summed E-state index contributed by atoms with van der Waals surface area (Å²) in [6.07, 6.45) is 2.52. The van der Waals surface area contributed by atoms with Crippen LogP contribution in [-0.2, 0) is 6.54 Å². The van der Waals surface area contributed by atoms with Crippen molar-refractivity contribution in [3.63, 3.8) is 0 Å². The van der Waals surface area contributed by atoms with Gasteiger partial charge in [-0.2, -0.15) is 0 Å². The largest absolute Gasteiger partial charge is 0.356 e. The first-order chi connectivity index (χ1) is 11.6. The van der Waals surface area contributed by atoms with Crippen molar-refractivity contribution in [2.45, 2.75) is 33.2 Å². The standard InChI is InChI=1S/C19H31FN4.HI/c1-15(2)13-24-10-6-7-16(14-24)11-22-19(21-3)23-12-17-8-4-5-9-18(17)20;/h4-5,8-9,15-16H,6-7,10-14H2,1-3H3,(H2,21,22,23);1H. The number of halogens is 2. The van der Waals surface area contributed by atoms with Gasteiger partial charge >= 0.3 is 0 Å². The molecule has 2 rings (SSSR count). The molecule has 1 aromatic carbocycles. The van der Waals surface area contributed by atoms with Gasteiger partial charge in [0, 0.05) is 38.8 Å². The summed E-state index contributed by atoms with van der Waals surface area (Å²) < 4.78 is 13.7. The molecular weight excluding hydrogens is 430 g/mol. The molecule has 0 saturated carbocycles. The molecule has 0 amide bonds. The average Bonchev–Trinajstić information content (AvgIpc) is 2.56. The second-order valence-corrected chi connectivity index (χ2v) is 7.06. The summed E-state index contributed by atoms with van der Waals surface area (Å²) in [5.74, 6) is 1.91. The van der Waals surface area contributed by atoms with Crippen molar-refractivity contribution < 1.29 is 4.39 Å². The molecule has 1 unspecified atom stereocenters. The molecule has 2 N–H and O–H groups in total. The van der Waals surface area contributed by atoms with Crippen molar-refractivity contribution in [3.05, 3.63) is 35.6 Å². The number of aliphatic imine (C=N–C) groups is 1. The second kappa shape index (κ2) is 11.7. The number of hydrogen-bond acceptors (Lipinski definition) is 2. The SMILES string of the molecule is CN=C(NCc1ccccc1F)NCC1CCCN(CC(C)C)C1.I. The zero-order chi connectivity index (χ0) is 17.4. The summed E-state index contributed by atoms with van der Waals surface area (Å²) in [5.41, 5.74) is 0.654. The summed E-state index contributed by atoms with van der Waals surface area (Å²) >= 11 is 0. The first-order valence-corrected chi connectivity index (χ1v) is 8.98. The van der Waals surface area contributed by atoms with Crippen molar-refractivity contribution in [3.8, 4) is 0 Å². The van der Waals surface area contributed by atoms with Gasteiger partial charge in [0.25, 0.3) is 0 Å². The number of benzene rings is 1. The van der Waals surface area contributed by atoms with Crippen molar-refractivity contribution in [1.29, 1.82) is 0 Å². The first-order valence-electron chi connectivity index (χ1n) is 8.98. The number of likely N-dealkylation sites (tertiary alicyclic amines) is 1. The minimum Gasteiger partial charge on any atom is -0.356 e. The van der Waals surface area contributed by atoms with Gasteiger partial charge in [0.15, 0.2) is 5.96 Å². The van der Waals surface area contributed by atoms with Crippen LogP contribution in [-0.4, -0.2) is 44.1 Å². The Labute approximate surface area is 168 Å². The Hall–Kier alpha value is -0.890. The highest BCUT2D eigenvalue weighted by molar-refractivity contribution is 14.0. The number of nitrogens with zero attached hydrogens (tertiary/aromatic N) is 2.